The number of carbonyl (C=O) groups is 2. The maximum absolute atomic E-state index is 13.5. The Kier molecular flexibility index (Phi) is 4.65. The van der Waals surface area contributed by atoms with E-state index in [0.29, 0.717) is 18.5 Å². The van der Waals surface area contributed by atoms with E-state index >= 15 is 0 Å². The minimum Gasteiger partial charge on any atom is -0.459 e. The van der Waals surface area contributed by atoms with Crippen LogP contribution >= 0.6 is 0 Å². The lowest BCUT2D eigenvalue weighted by atomic mass is 9.95. The van der Waals surface area contributed by atoms with Gasteiger partial charge in [-0.05, 0) is 42.5 Å². The molecular weight excluding hydrogens is 403 g/mol. The first-order valence-electron chi connectivity index (χ1n) is 10.0. The lowest BCUT2D eigenvalue weighted by molar-refractivity contribution is 0.0701. The number of carbonyl (C=O) groups excluding carboxylic acids is 2. The van der Waals surface area contributed by atoms with Crippen LogP contribution in [0.3, 0.4) is 0 Å². The predicted molar refractivity (Wildman–Crippen MR) is 108 cm³/mol. The summed E-state index contributed by atoms with van der Waals surface area (Å²) in [6.45, 7) is 0.616. The number of nitrogens with zero attached hydrogens (tertiary/aromatic N) is 3. The molecule has 4 heterocycles. The Labute approximate surface area is 176 Å². The Morgan fingerprint density at radius 1 is 1.26 bits per heavy atom. The van der Waals surface area contributed by atoms with Crippen molar-refractivity contribution in [3.8, 4) is 0 Å². The van der Waals surface area contributed by atoms with E-state index < -0.39 is 11.7 Å². The van der Waals surface area contributed by atoms with Gasteiger partial charge < -0.3 is 19.2 Å². The van der Waals surface area contributed by atoms with E-state index in [9.17, 15) is 18.8 Å². The summed E-state index contributed by atoms with van der Waals surface area (Å²) in [5, 5.41) is 2.58. The molecule has 0 radical (unpaired) electrons. The van der Waals surface area contributed by atoms with Gasteiger partial charge in [0.15, 0.2) is 5.76 Å². The second-order valence-corrected chi connectivity index (χ2v) is 7.75. The van der Waals surface area contributed by atoms with E-state index in [2.05, 4.69) is 10.3 Å². The predicted octanol–water partition coefficient (Wildman–Crippen LogP) is 2.76. The highest BCUT2D eigenvalue weighted by atomic mass is 19.1. The molecular formula is C22H19FN4O4. The quantitative estimate of drug-likeness (QED) is 0.697. The third-order valence-corrected chi connectivity index (χ3v) is 5.57. The number of anilines is 1. The molecule has 0 aromatic carbocycles. The van der Waals surface area contributed by atoms with Crippen LogP contribution in [-0.2, 0) is 13.0 Å². The van der Waals surface area contributed by atoms with Crippen molar-refractivity contribution >= 4 is 17.5 Å². The number of aromatic nitrogens is 2. The monoisotopic (exact) mass is 422 g/mol. The van der Waals surface area contributed by atoms with Crippen LogP contribution in [0.15, 0.2) is 52.3 Å². The molecule has 2 aliphatic rings. The molecule has 1 N–H and O–H groups in total. The van der Waals surface area contributed by atoms with Crippen molar-refractivity contribution in [3.63, 3.8) is 0 Å². The number of nitrogens with one attached hydrogen (secondary N) is 1. The summed E-state index contributed by atoms with van der Waals surface area (Å²) < 4.78 is 20.3. The van der Waals surface area contributed by atoms with Gasteiger partial charge in [-0.15, -0.1) is 0 Å². The van der Waals surface area contributed by atoms with E-state index in [4.69, 9.17) is 4.42 Å². The van der Waals surface area contributed by atoms with Gasteiger partial charge in [0.1, 0.15) is 11.4 Å². The van der Waals surface area contributed by atoms with E-state index in [1.165, 1.54) is 12.5 Å². The van der Waals surface area contributed by atoms with Crippen LogP contribution in [0.2, 0.25) is 0 Å². The van der Waals surface area contributed by atoms with E-state index in [1.54, 1.807) is 27.8 Å². The Hall–Kier alpha value is -3.75. The molecule has 5 rings (SSSR count). The van der Waals surface area contributed by atoms with Crippen LogP contribution in [0, 0.1) is 5.82 Å². The number of furan rings is 1. The fourth-order valence-corrected chi connectivity index (χ4v) is 3.94. The molecule has 2 amide bonds. The molecule has 1 aliphatic heterocycles. The maximum Gasteiger partial charge on any atom is 0.289 e. The van der Waals surface area contributed by atoms with Crippen molar-refractivity contribution in [2.45, 2.75) is 31.8 Å². The van der Waals surface area contributed by atoms with Crippen molar-refractivity contribution in [1.29, 1.82) is 0 Å². The molecule has 158 valence electrons. The summed E-state index contributed by atoms with van der Waals surface area (Å²) >= 11 is 0. The van der Waals surface area contributed by atoms with Crippen LogP contribution in [0.4, 0.5) is 10.1 Å². The van der Waals surface area contributed by atoms with Crippen molar-refractivity contribution < 1.29 is 18.4 Å². The minimum atomic E-state index is -0.602. The van der Waals surface area contributed by atoms with Gasteiger partial charge in [0.25, 0.3) is 17.4 Å². The lowest BCUT2D eigenvalue weighted by Crippen LogP contribution is -2.40. The SMILES string of the molecule is O=C(Nc1cncc(F)c1)c1c2c(cn(C3CC3)c1=O)CN(C(=O)c1ccco1)CC2. The number of halogens is 1. The van der Waals surface area contributed by atoms with Crippen LogP contribution in [0.1, 0.15) is 50.9 Å². The number of rotatable bonds is 4. The summed E-state index contributed by atoms with van der Waals surface area (Å²) in [5.74, 6) is -1.18. The van der Waals surface area contributed by atoms with Crippen molar-refractivity contribution in [2.24, 2.45) is 0 Å². The van der Waals surface area contributed by atoms with E-state index in [-0.39, 0.29) is 41.1 Å². The molecule has 1 saturated carbocycles. The van der Waals surface area contributed by atoms with Gasteiger partial charge >= 0.3 is 0 Å². The first-order chi connectivity index (χ1) is 15.0. The highest BCUT2D eigenvalue weighted by Gasteiger charge is 2.33. The molecule has 3 aromatic rings. The molecule has 1 fully saturated rings. The van der Waals surface area contributed by atoms with Gasteiger partial charge in [-0.3, -0.25) is 19.4 Å². The minimum absolute atomic E-state index is 0.0405. The Bertz CT molecular complexity index is 1230. The fourth-order valence-electron chi connectivity index (χ4n) is 3.94. The van der Waals surface area contributed by atoms with Gasteiger partial charge in [0.05, 0.1) is 24.3 Å². The first-order valence-corrected chi connectivity index (χ1v) is 10.0. The Morgan fingerprint density at radius 2 is 2.10 bits per heavy atom. The topological polar surface area (TPSA) is 97.4 Å². The molecule has 9 heteroatoms. The fraction of sp³-hybridized carbons (Fsp3) is 0.273. The average Bonchev–Trinajstić information content (AvgIpc) is 3.45. The van der Waals surface area contributed by atoms with Crippen molar-refractivity contribution in [1.82, 2.24) is 14.5 Å². The van der Waals surface area contributed by atoms with Crippen molar-refractivity contribution in [3.05, 3.63) is 81.7 Å². The number of hydrogen-bond acceptors (Lipinski definition) is 5. The Morgan fingerprint density at radius 3 is 2.81 bits per heavy atom. The van der Waals surface area contributed by atoms with Gasteiger partial charge in [-0.2, -0.15) is 0 Å². The van der Waals surface area contributed by atoms with Gasteiger partial charge in [0.2, 0.25) is 0 Å². The highest BCUT2D eigenvalue weighted by molar-refractivity contribution is 6.05. The van der Waals surface area contributed by atoms with E-state index in [0.717, 1.165) is 30.7 Å². The molecule has 31 heavy (non-hydrogen) atoms. The second kappa shape index (κ2) is 7.50. The summed E-state index contributed by atoms with van der Waals surface area (Å²) in [6.07, 6.45) is 7.64. The Balaban J connectivity index is 1.51. The zero-order chi connectivity index (χ0) is 21.5. The van der Waals surface area contributed by atoms with Crippen LogP contribution in [0.5, 0.6) is 0 Å². The number of fused-ring (bicyclic) bond motifs is 1. The van der Waals surface area contributed by atoms with Gasteiger partial charge in [-0.1, -0.05) is 0 Å². The summed E-state index contributed by atoms with van der Waals surface area (Å²) in [7, 11) is 0. The van der Waals surface area contributed by atoms with Crippen LogP contribution in [-0.4, -0.2) is 32.8 Å². The standard InChI is InChI=1S/C22H19FN4O4/c23-14-8-15(10-24-9-14)25-20(28)19-17-5-6-26(21(29)18-2-1-7-31-18)11-13(17)12-27(22(19)30)16-3-4-16/h1-2,7-10,12,16H,3-6,11H2,(H,25,28). The molecule has 0 bridgehead atoms. The molecule has 0 atom stereocenters. The smallest absolute Gasteiger partial charge is 0.289 e. The number of hydrogen-bond donors (Lipinski definition) is 1. The highest BCUT2D eigenvalue weighted by Crippen LogP contribution is 2.35. The molecule has 0 saturated heterocycles. The molecule has 3 aromatic heterocycles. The summed E-state index contributed by atoms with van der Waals surface area (Å²) in [6, 6.07) is 4.45. The molecule has 1 aliphatic carbocycles. The third-order valence-electron chi connectivity index (χ3n) is 5.57. The zero-order valence-corrected chi connectivity index (χ0v) is 16.5. The van der Waals surface area contributed by atoms with Gasteiger partial charge in [0, 0.05) is 31.4 Å². The lowest BCUT2D eigenvalue weighted by Gasteiger charge is -2.30. The van der Waals surface area contributed by atoms with Gasteiger partial charge in [-0.25, -0.2) is 4.39 Å². The van der Waals surface area contributed by atoms with Crippen molar-refractivity contribution in [2.75, 3.05) is 11.9 Å². The largest absolute Gasteiger partial charge is 0.459 e. The maximum atomic E-state index is 13.5. The van der Waals surface area contributed by atoms with Crippen LogP contribution < -0.4 is 10.9 Å². The van der Waals surface area contributed by atoms with Crippen LogP contribution in [0.25, 0.3) is 0 Å². The van der Waals surface area contributed by atoms with E-state index in [1.807, 2.05) is 0 Å². The normalized spacial score (nSPS) is 15.5. The summed E-state index contributed by atoms with van der Waals surface area (Å²) in [5.41, 5.74) is 1.21. The number of pyridine rings is 2. The summed E-state index contributed by atoms with van der Waals surface area (Å²) in [4.78, 5) is 44.3. The molecule has 0 unspecified atom stereocenters. The number of amides is 2. The third kappa shape index (κ3) is 3.63. The molecule has 8 nitrogen and oxygen atoms in total. The zero-order valence-electron chi connectivity index (χ0n) is 16.5. The second-order valence-electron chi connectivity index (χ2n) is 7.75. The molecule has 0 spiro atoms. The first kappa shape index (κ1) is 19.2. The average molecular weight is 422 g/mol.